The Morgan fingerprint density at radius 2 is 1.21 bits per heavy atom. The highest BCUT2D eigenvalue weighted by atomic mass is 28.3. The van der Waals surface area contributed by atoms with Gasteiger partial charge in [-0.2, -0.15) is 0 Å². The normalized spacial score (nSPS) is 31.1. The van der Waals surface area contributed by atoms with Crippen LogP contribution >= 0.6 is 0 Å². The molecule has 1 spiro atoms. The van der Waals surface area contributed by atoms with Crippen LogP contribution in [-0.2, 0) is 14.7 Å². The molecular formula is C43H47BO2Si. The van der Waals surface area contributed by atoms with Crippen molar-refractivity contribution in [1.82, 2.24) is 0 Å². The Bertz CT molecular complexity index is 1970. The van der Waals surface area contributed by atoms with Crippen molar-refractivity contribution >= 4 is 31.0 Å². The molecular weight excluding hydrogens is 587 g/mol. The highest BCUT2D eigenvalue weighted by Crippen LogP contribution is 2.67. The Balaban J connectivity index is 1.14. The summed E-state index contributed by atoms with van der Waals surface area (Å²) in [6.07, 6.45) is 8.38. The predicted octanol–water partition coefficient (Wildman–Crippen LogP) is 8.57. The van der Waals surface area contributed by atoms with E-state index in [0.29, 0.717) is 11.8 Å². The summed E-state index contributed by atoms with van der Waals surface area (Å²) in [5.74, 6) is 3.21. The molecule has 4 aromatic carbocycles. The Labute approximate surface area is 282 Å². The van der Waals surface area contributed by atoms with Gasteiger partial charge in [0.05, 0.1) is 11.2 Å². The van der Waals surface area contributed by atoms with Gasteiger partial charge < -0.3 is 9.31 Å². The van der Waals surface area contributed by atoms with E-state index in [0.717, 1.165) is 11.8 Å². The van der Waals surface area contributed by atoms with Crippen LogP contribution in [0.15, 0.2) is 78.9 Å². The van der Waals surface area contributed by atoms with E-state index >= 15 is 0 Å². The molecule has 4 heteroatoms. The molecule has 5 fully saturated rings. The van der Waals surface area contributed by atoms with Crippen LogP contribution in [-0.4, -0.2) is 26.4 Å². The molecule has 7 aliphatic rings. The molecule has 0 radical (unpaired) electrons. The van der Waals surface area contributed by atoms with Gasteiger partial charge >= 0.3 is 7.12 Å². The minimum absolute atomic E-state index is 0.0764. The lowest BCUT2D eigenvalue weighted by atomic mass is 9.50. The summed E-state index contributed by atoms with van der Waals surface area (Å²) < 4.78 is 13.3. The Kier molecular flexibility index (Phi) is 5.81. The molecule has 11 rings (SSSR count). The molecule has 1 saturated heterocycles. The van der Waals surface area contributed by atoms with E-state index in [1.54, 1.807) is 21.5 Å². The molecule has 2 aliphatic heterocycles. The fourth-order valence-corrected chi connectivity index (χ4v) is 14.6. The molecule has 0 N–H and O–H groups in total. The van der Waals surface area contributed by atoms with Gasteiger partial charge in [0, 0.05) is 5.41 Å². The Morgan fingerprint density at radius 3 is 2.00 bits per heavy atom. The minimum atomic E-state index is -1.75. The van der Waals surface area contributed by atoms with Crippen LogP contribution in [0.2, 0.25) is 13.1 Å². The first-order chi connectivity index (χ1) is 22.5. The molecule has 4 aromatic rings. The fraction of sp³-hybridized carbons (Fsp3) is 0.442. The number of hydrogen-bond acceptors (Lipinski definition) is 2. The third kappa shape index (κ3) is 3.76. The van der Waals surface area contributed by atoms with Gasteiger partial charge in [-0.05, 0) is 150 Å². The third-order valence-electron chi connectivity index (χ3n) is 14.4. The van der Waals surface area contributed by atoms with Crippen molar-refractivity contribution < 1.29 is 9.31 Å². The maximum absolute atomic E-state index is 6.64. The minimum Gasteiger partial charge on any atom is -0.399 e. The maximum atomic E-state index is 6.64. The number of fused-ring (bicyclic) bond motifs is 7. The SMILES string of the molecule is CC1(C)OB(c2ccc3c(c2)C2(c4cc(-c5ccc6c(c5)[Si](C)(C)c5ccccc5-6)ccc4-3)C3CCC4CC(C3)CC2C4)OC1(C)C. The van der Waals surface area contributed by atoms with Crippen LogP contribution in [0.5, 0.6) is 0 Å². The molecule has 5 aliphatic carbocycles. The molecule has 4 saturated carbocycles. The summed E-state index contributed by atoms with van der Waals surface area (Å²) in [6.45, 7) is 13.7. The van der Waals surface area contributed by atoms with Crippen molar-refractivity contribution in [3.8, 4) is 33.4 Å². The van der Waals surface area contributed by atoms with E-state index < -0.39 is 8.07 Å². The topological polar surface area (TPSA) is 18.5 Å². The summed E-state index contributed by atoms with van der Waals surface area (Å²) in [4.78, 5) is 0. The van der Waals surface area contributed by atoms with Crippen LogP contribution in [0, 0.1) is 23.7 Å². The van der Waals surface area contributed by atoms with Crippen LogP contribution in [0.1, 0.15) is 77.3 Å². The summed E-state index contributed by atoms with van der Waals surface area (Å²) >= 11 is 0. The molecule has 0 aromatic heterocycles. The van der Waals surface area contributed by atoms with E-state index in [1.165, 1.54) is 77.4 Å². The quantitative estimate of drug-likeness (QED) is 0.206. The number of benzene rings is 4. The lowest BCUT2D eigenvalue weighted by Crippen LogP contribution is -2.49. The second-order valence-corrected chi connectivity index (χ2v) is 21.9. The largest absolute Gasteiger partial charge is 0.494 e. The van der Waals surface area contributed by atoms with Gasteiger partial charge in [-0.25, -0.2) is 0 Å². The van der Waals surface area contributed by atoms with Crippen molar-refractivity contribution in [2.24, 2.45) is 23.7 Å². The molecule has 0 amide bonds. The molecule has 2 heterocycles. The average molecular weight is 635 g/mol. The van der Waals surface area contributed by atoms with Gasteiger partial charge in [-0.15, -0.1) is 0 Å². The first kappa shape index (κ1) is 29.0. The van der Waals surface area contributed by atoms with Gasteiger partial charge in [0.1, 0.15) is 8.07 Å². The molecule has 2 nitrogen and oxygen atoms in total. The zero-order valence-corrected chi connectivity index (χ0v) is 30.0. The molecule has 5 atom stereocenters. The van der Waals surface area contributed by atoms with Crippen LogP contribution in [0.3, 0.4) is 0 Å². The first-order valence-electron chi connectivity index (χ1n) is 18.4. The summed E-state index contributed by atoms with van der Waals surface area (Å²) in [5.41, 5.74) is 12.4. The van der Waals surface area contributed by atoms with Gasteiger partial charge in [0.2, 0.25) is 0 Å². The van der Waals surface area contributed by atoms with Gasteiger partial charge in [0.15, 0.2) is 0 Å². The summed E-state index contributed by atoms with van der Waals surface area (Å²) in [5, 5.41) is 3.17. The Hall–Kier alpha value is -2.92. The molecule has 5 unspecified atom stereocenters. The maximum Gasteiger partial charge on any atom is 0.494 e. The van der Waals surface area contributed by atoms with E-state index in [9.17, 15) is 0 Å². The Morgan fingerprint density at radius 1 is 0.596 bits per heavy atom. The predicted molar refractivity (Wildman–Crippen MR) is 198 cm³/mol. The fourth-order valence-electron chi connectivity index (χ4n) is 11.5. The first-order valence-corrected chi connectivity index (χ1v) is 21.4. The van der Waals surface area contributed by atoms with Crippen molar-refractivity contribution in [2.45, 2.75) is 95.9 Å². The zero-order chi connectivity index (χ0) is 32.1. The van der Waals surface area contributed by atoms with E-state index in [-0.39, 0.29) is 23.7 Å². The summed E-state index contributed by atoms with van der Waals surface area (Å²) in [6, 6.07) is 31.4. The molecule has 238 valence electrons. The standard InChI is InChI=1S/C43H47BO2Si/c1-41(2)42(3,4)46-44(45-41)32-15-18-34-33-16-12-28(29-13-17-36-35-9-7-8-10-39(35)47(5,6)40(36)24-29)23-37(33)43(38(34)25-32)30-14-11-26-19-27(21-30)22-31(43)20-26/h7-10,12-13,15-18,23-27,30-31H,11,14,19-22H2,1-6H3. The van der Waals surface area contributed by atoms with Crippen LogP contribution < -0.4 is 15.8 Å². The van der Waals surface area contributed by atoms with Crippen LogP contribution in [0.25, 0.3) is 33.4 Å². The van der Waals surface area contributed by atoms with Crippen LogP contribution in [0.4, 0.5) is 0 Å². The van der Waals surface area contributed by atoms with Gasteiger partial charge in [-0.3, -0.25) is 0 Å². The van der Waals surface area contributed by atoms with E-state index in [4.69, 9.17) is 9.31 Å². The highest BCUT2D eigenvalue weighted by molar-refractivity contribution is 7.03. The lowest BCUT2D eigenvalue weighted by molar-refractivity contribution is 0.00578. The van der Waals surface area contributed by atoms with Gasteiger partial charge in [0.25, 0.3) is 0 Å². The van der Waals surface area contributed by atoms with E-state index in [2.05, 4.69) is 120 Å². The second kappa shape index (κ2) is 9.40. The lowest BCUT2D eigenvalue weighted by Gasteiger charge is -2.53. The van der Waals surface area contributed by atoms with Crippen molar-refractivity contribution in [2.75, 3.05) is 0 Å². The zero-order valence-electron chi connectivity index (χ0n) is 29.0. The molecule has 47 heavy (non-hydrogen) atoms. The van der Waals surface area contributed by atoms with Crippen molar-refractivity contribution in [3.63, 3.8) is 0 Å². The smallest absolute Gasteiger partial charge is 0.399 e. The second-order valence-electron chi connectivity index (χ2n) is 17.6. The third-order valence-corrected chi connectivity index (χ3v) is 18.0. The van der Waals surface area contributed by atoms with Crippen molar-refractivity contribution in [1.29, 1.82) is 0 Å². The van der Waals surface area contributed by atoms with E-state index in [1.807, 2.05) is 0 Å². The monoisotopic (exact) mass is 634 g/mol. The molecule has 4 bridgehead atoms. The highest BCUT2D eigenvalue weighted by Gasteiger charge is 2.60. The summed E-state index contributed by atoms with van der Waals surface area (Å²) in [7, 11) is -2.08. The number of hydrogen-bond donors (Lipinski definition) is 0. The van der Waals surface area contributed by atoms with Gasteiger partial charge in [-0.1, -0.05) is 92.3 Å². The average Bonchev–Trinajstić information content (AvgIpc) is 3.47. The van der Waals surface area contributed by atoms with Crippen molar-refractivity contribution in [3.05, 3.63) is 90.0 Å². The number of rotatable bonds is 2.